The van der Waals surface area contributed by atoms with Crippen molar-refractivity contribution in [1.82, 2.24) is 0 Å². The van der Waals surface area contributed by atoms with Crippen LogP contribution in [0.3, 0.4) is 0 Å². The van der Waals surface area contributed by atoms with E-state index in [1.165, 1.54) is 24.8 Å². The summed E-state index contributed by atoms with van der Waals surface area (Å²) in [5.41, 5.74) is 1.65. The number of rotatable bonds is 3. The lowest BCUT2D eigenvalue weighted by atomic mass is 9.79. The molecule has 92 valence electrons. The van der Waals surface area contributed by atoms with E-state index in [0.29, 0.717) is 5.41 Å². The van der Waals surface area contributed by atoms with Crippen molar-refractivity contribution in [2.24, 2.45) is 17.3 Å². The normalized spacial score (nSPS) is 34.8. The molecule has 1 aromatic carbocycles. The minimum atomic E-state index is -0.164. The van der Waals surface area contributed by atoms with Crippen molar-refractivity contribution in [1.29, 1.82) is 0 Å². The summed E-state index contributed by atoms with van der Waals surface area (Å²) < 4.78 is 14.0. The second-order valence-corrected chi connectivity index (χ2v) is 7.13. The quantitative estimate of drug-likeness (QED) is 0.668. The van der Waals surface area contributed by atoms with Gasteiger partial charge in [-0.25, -0.2) is 4.39 Å². The molecule has 0 nitrogen and oxygen atoms in total. The van der Waals surface area contributed by atoms with E-state index in [1.807, 2.05) is 6.07 Å². The molecule has 0 heterocycles. The van der Waals surface area contributed by atoms with Gasteiger partial charge >= 0.3 is 0 Å². The van der Waals surface area contributed by atoms with Crippen LogP contribution < -0.4 is 0 Å². The Balaban J connectivity index is 1.81. The van der Waals surface area contributed by atoms with E-state index in [0.717, 1.165) is 28.1 Å². The predicted octanol–water partition coefficient (Wildman–Crippen LogP) is 4.94. The number of halogens is 3. The van der Waals surface area contributed by atoms with Crippen LogP contribution in [0.1, 0.15) is 24.8 Å². The Morgan fingerprint density at radius 1 is 1.29 bits per heavy atom. The van der Waals surface area contributed by atoms with Crippen LogP contribution in [0.15, 0.2) is 22.7 Å². The standard InChI is InChI=1S/C14H15Br2F/c15-8-14(6-10-3-11(10)7-14)5-9-1-2-12(17)4-13(9)16/h1-2,4,10-11H,3,5-8H2. The number of hydrogen-bond donors (Lipinski definition) is 0. The van der Waals surface area contributed by atoms with Crippen LogP contribution >= 0.6 is 31.9 Å². The second kappa shape index (κ2) is 4.34. The highest BCUT2D eigenvalue weighted by molar-refractivity contribution is 9.10. The highest BCUT2D eigenvalue weighted by Crippen LogP contribution is 2.61. The predicted molar refractivity (Wildman–Crippen MR) is 74.9 cm³/mol. The highest BCUT2D eigenvalue weighted by atomic mass is 79.9. The summed E-state index contributed by atoms with van der Waals surface area (Å²) in [5, 5.41) is 1.07. The van der Waals surface area contributed by atoms with E-state index in [-0.39, 0.29) is 5.82 Å². The van der Waals surface area contributed by atoms with Gasteiger partial charge in [0.2, 0.25) is 0 Å². The lowest BCUT2D eigenvalue weighted by Gasteiger charge is -2.29. The van der Waals surface area contributed by atoms with Crippen molar-refractivity contribution >= 4 is 31.9 Å². The van der Waals surface area contributed by atoms with Crippen molar-refractivity contribution in [2.75, 3.05) is 5.33 Å². The van der Waals surface area contributed by atoms with Gasteiger partial charge in [0.05, 0.1) is 0 Å². The molecule has 17 heavy (non-hydrogen) atoms. The SMILES string of the molecule is Fc1ccc(CC2(CBr)CC3CC3C2)c(Br)c1. The first kappa shape index (κ1) is 12.2. The van der Waals surface area contributed by atoms with Gasteiger partial charge in [0, 0.05) is 9.80 Å². The Labute approximate surface area is 118 Å². The molecule has 2 aliphatic carbocycles. The van der Waals surface area contributed by atoms with E-state index in [1.54, 1.807) is 12.1 Å². The van der Waals surface area contributed by atoms with Crippen LogP contribution in [0.2, 0.25) is 0 Å². The first-order chi connectivity index (χ1) is 8.12. The molecule has 0 saturated heterocycles. The minimum Gasteiger partial charge on any atom is -0.207 e. The van der Waals surface area contributed by atoms with Gasteiger partial charge in [0.1, 0.15) is 5.82 Å². The number of benzene rings is 1. The van der Waals surface area contributed by atoms with E-state index in [2.05, 4.69) is 31.9 Å². The van der Waals surface area contributed by atoms with Crippen LogP contribution in [0, 0.1) is 23.1 Å². The molecule has 3 heteroatoms. The van der Waals surface area contributed by atoms with Crippen LogP contribution in [0.5, 0.6) is 0 Å². The topological polar surface area (TPSA) is 0 Å². The maximum absolute atomic E-state index is 13.1. The molecule has 0 amide bonds. The average molecular weight is 362 g/mol. The zero-order valence-corrected chi connectivity index (χ0v) is 12.7. The third-order valence-electron chi connectivity index (χ3n) is 4.32. The third-order valence-corrected chi connectivity index (χ3v) is 6.25. The van der Waals surface area contributed by atoms with Gasteiger partial charge in [-0.05, 0) is 60.6 Å². The molecule has 0 radical (unpaired) electrons. The Morgan fingerprint density at radius 3 is 2.59 bits per heavy atom. The van der Waals surface area contributed by atoms with Crippen LogP contribution in [0.25, 0.3) is 0 Å². The number of alkyl halides is 1. The van der Waals surface area contributed by atoms with Gasteiger partial charge in [-0.3, -0.25) is 0 Å². The summed E-state index contributed by atoms with van der Waals surface area (Å²) in [6.07, 6.45) is 5.19. The molecule has 2 atom stereocenters. The molecule has 2 aliphatic rings. The fourth-order valence-electron chi connectivity index (χ4n) is 3.38. The summed E-state index contributed by atoms with van der Waals surface area (Å²) in [7, 11) is 0. The Bertz CT molecular complexity index is 434. The van der Waals surface area contributed by atoms with Crippen molar-refractivity contribution < 1.29 is 4.39 Å². The molecule has 2 fully saturated rings. The summed E-state index contributed by atoms with van der Waals surface area (Å²) >= 11 is 7.17. The zero-order valence-electron chi connectivity index (χ0n) is 9.56. The average Bonchev–Trinajstić information content (AvgIpc) is 2.91. The molecule has 2 saturated carbocycles. The zero-order chi connectivity index (χ0) is 12.0. The van der Waals surface area contributed by atoms with E-state index in [4.69, 9.17) is 0 Å². The highest BCUT2D eigenvalue weighted by Gasteiger charge is 2.53. The first-order valence-corrected chi connectivity index (χ1v) is 8.03. The first-order valence-electron chi connectivity index (χ1n) is 6.12. The van der Waals surface area contributed by atoms with E-state index >= 15 is 0 Å². The lowest BCUT2D eigenvalue weighted by Crippen LogP contribution is -2.24. The summed E-state index contributed by atoms with van der Waals surface area (Å²) in [6, 6.07) is 5.07. The Morgan fingerprint density at radius 2 is 2.00 bits per heavy atom. The molecule has 0 spiro atoms. The van der Waals surface area contributed by atoms with E-state index in [9.17, 15) is 4.39 Å². The summed E-state index contributed by atoms with van der Waals surface area (Å²) in [6.45, 7) is 0. The van der Waals surface area contributed by atoms with Crippen molar-refractivity contribution in [3.05, 3.63) is 34.1 Å². The minimum absolute atomic E-state index is 0.164. The molecule has 0 aromatic heterocycles. The van der Waals surface area contributed by atoms with Crippen molar-refractivity contribution in [3.8, 4) is 0 Å². The monoisotopic (exact) mass is 360 g/mol. The maximum atomic E-state index is 13.1. The van der Waals surface area contributed by atoms with Gasteiger partial charge in [0.25, 0.3) is 0 Å². The Hall–Kier alpha value is 0.110. The Kier molecular flexibility index (Phi) is 3.10. The second-order valence-electron chi connectivity index (χ2n) is 5.71. The van der Waals surface area contributed by atoms with Gasteiger partial charge in [0.15, 0.2) is 0 Å². The fourth-order valence-corrected chi connectivity index (χ4v) is 4.52. The number of hydrogen-bond acceptors (Lipinski definition) is 0. The van der Waals surface area contributed by atoms with Crippen molar-refractivity contribution in [3.63, 3.8) is 0 Å². The summed E-state index contributed by atoms with van der Waals surface area (Å²) in [5.74, 6) is 1.79. The smallest absolute Gasteiger partial charge is 0.124 e. The van der Waals surface area contributed by atoms with Gasteiger partial charge in [-0.2, -0.15) is 0 Å². The maximum Gasteiger partial charge on any atom is 0.124 e. The van der Waals surface area contributed by atoms with Crippen molar-refractivity contribution in [2.45, 2.75) is 25.7 Å². The number of fused-ring (bicyclic) bond motifs is 1. The fraction of sp³-hybridized carbons (Fsp3) is 0.571. The van der Waals surface area contributed by atoms with Gasteiger partial charge < -0.3 is 0 Å². The van der Waals surface area contributed by atoms with Crippen LogP contribution in [0.4, 0.5) is 4.39 Å². The molecule has 0 bridgehead atoms. The molecular weight excluding hydrogens is 347 g/mol. The third kappa shape index (κ3) is 2.33. The lowest BCUT2D eigenvalue weighted by molar-refractivity contribution is 0.307. The van der Waals surface area contributed by atoms with Crippen LogP contribution in [-0.4, -0.2) is 5.33 Å². The van der Waals surface area contributed by atoms with E-state index < -0.39 is 0 Å². The molecule has 3 rings (SSSR count). The largest absolute Gasteiger partial charge is 0.207 e. The molecule has 0 aliphatic heterocycles. The van der Waals surface area contributed by atoms with Gasteiger partial charge in [-0.15, -0.1) is 0 Å². The van der Waals surface area contributed by atoms with Crippen LogP contribution in [-0.2, 0) is 6.42 Å². The summed E-state index contributed by atoms with van der Waals surface area (Å²) in [4.78, 5) is 0. The molecular formula is C14H15Br2F. The molecule has 1 aromatic rings. The molecule has 0 N–H and O–H groups in total. The molecule has 2 unspecified atom stereocenters. The van der Waals surface area contributed by atoms with Gasteiger partial charge in [-0.1, -0.05) is 37.9 Å².